The van der Waals surface area contributed by atoms with Crippen LogP contribution >= 0.6 is 0 Å². The average molecular weight is 209 g/mol. The molecule has 1 aromatic rings. The third-order valence-electron chi connectivity index (χ3n) is 2.69. The molecule has 0 saturated carbocycles. The monoisotopic (exact) mass is 209 g/mol. The van der Waals surface area contributed by atoms with Crippen LogP contribution in [0.3, 0.4) is 0 Å². The molecule has 0 fully saturated rings. The van der Waals surface area contributed by atoms with Gasteiger partial charge in [-0.05, 0) is 17.9 Å². The number of hydrogen-bond donors (Lipinski definition) is 1. The van der Waals surface area contributed by atoms with E-state index in [4.69, 9.17) is 4.74 Å². The van der Waals surface area contributed by atoms with Crippen LogP contribution in [0.15, 0.2) is 17.1 Å². The molecule has 1 N–H and O–H groups in total. The lowest BCUT2D eigenvalue weighted by Gasteiger charge is -2.25. The number of H-pyrrole nitrogens is 1. The van der Waals surface area contributed by atoms with E-state index in [0.717, 1.165) is 18.4 Å². The molecule has 84 valence electrons. The molecule has 0 bridgehead atoms. The Kier molecular flexibility index (Phi) is 3.56. The van der Waals surface area contributed by atoms with Crippen LogP contribution in [0.25, 0.3) is 0 Å². The van der Waals surface area contributed by atoms with E-state index >= 15 is 0 Å². The summed E-state index contributed by atoms with van der Waals surface area (Å²) in [5, 5.41) is 0. The first-order chi connectivity index (χ1) is 7.03. The predicted octanol–water partition coefficient (Wildman–Crippen LogP) is 2.46. The van der Waals surface area contributed by atoms with Crippen molar-refractivity contribution in [2.75, 3.05) is 7.11 Å². The number of ether oxygens (including phenoxy) is 1. The highest BCUT2D eigenvalue weighted by Gasteiger charge is 2.26. The molecule has 0 aliphatic rings. The van der Waals surface area contributed by atoms with Crippen LogP contribution in [0, 0.1) is 0 Å². The molecular weight excluding hydrogens is 190 g/mol. The normalized spacial score (nSPS) is 11.5. The van der Waals surface area contributed by atoms with E-state index in [1.165, 1.54) is 0 Å². The molecule has 0 saturated heterocycles. The molecule has 3 nitrogen and oxygen atoms in total. The maximum Gasteiger partial charge on any atom is 0.255 e. The second-order valence-electron chi connectivity index (χ2n) is 4.38. The number of pyridine rings is 1. The van der Waals surface area contributed by atoms with Crippen molar-refractivity contribution in [3.05, 3.63) is 28.2 Å². The first-order valence-electron chi connectivity index (χ1n) is 5.29. The van der Waals surface area contributed by atoms with Crippen molar-refractivity contribution < 1.29 is 4.74 Å². The molecular formula is C12H19NO2. The van der Waals surface area contributed by atoms with E-state index in [1.54, 1.807) is 19.4 Å². The van der Waals surface area contributed by atoms with Gasteiger partial charge in [0.15, 0.2) is 0 Å². The Morgan fingerprint density at radius 3 is 2.67 bits per heavy atom. The molecule has 0 aliphatic heterocycles. The summed E-state index contributed by atoms with van der Waals surface area (Å²) in [7, 11) is 1.60. The lowest BCUT2D eigenvalue weighted by atomic mass is 9.81. The van der Waals surface area contributed by atoms with Gasteiger partial charge < -0.3 is 9.72 Å². The van der Waals surface area contributed by atoms with Crippen molar-refractivity contribution in [3.8, 4) is 5.75 Å². The van der Waals surface area contributed by atoms with Crippen molar-refractivity contribution in [2.45, 2.75) is 39.0 Å². The zero-order chi connectivity index (χ0) is 11.5. The number of nitrogens with one attached hydrogen (secondary N) is 1. The fourth-order valence-electron chi connectivity index (χ4n) is 2.02. The van der Waals surface area contributed by atoms with Crippen molar-refractivity contribution in [1.82, 2.24) is 4.98 Å². The third kappa shape index (κ3) is 2.41. The van der Waals surface area contributed by atoms with Gasteiger partial charge in [-0.25, -0.2) is 0 Å². The molecule has 0 atom stereocenters. The Morgan fingerprint density at radius 2 is 2.13 bits per heavy atom. The summed E-state index contributed by atoms with van der Waals surface area (Å²) in [5.41, 5.74) is 0.553. The van der Waals surface area contributed by atoms with Crippen molar-refractivity contribution in [2.24, 2.45) is 0 Å². The molecule has 1 heterocycles. The smallest absolute Gasteiger partial charge is 0.255 e. The van der Waals surface area contributed by atoms with Crippen LogP contribution in [-0.4, -0.2) is 12.1 Å². The van der Waals surface area contributed by atoms with E-state index in [1.807, 2.05) is 0 Å². The molecule has 15 heavy (non-hydrogen) atoms. The number of rotatable bonds is 4. The number of aromatic amines is 1. The van der Waals surface area contributed by atoms with E-state index in [9.17, 15) is 4.79 Å². The topological polar surface area (TPSA) is 42.1 Å². The SMILES string of the molecule is CCCC(C)(C)c1c(OC)cc[nH]c1=O. The summed E-state index contributed by atoms with van der Waals surface area (Å²) in [5.74, 6) is 0.678. The fraction of sp³-hybridized carbons (Fsp3) is 0.583. The van der Waals surface area contributed by atoms with E-state index in [-0.39, 0.29) is 11.0 Å². The average Bonchev–Trinajstić information content (AvgIpc) is 2.16. The van der Waals surface area contributed by atoms with Gasteiger partial charge in [0, 0.05) is 6.20 Å². The quantitative estimate of drug-likeness (QED) is 0.827. The van der Waals surface area contributed by atoms with Crippen LogP contribution in [0.1, 0.15) is 39.2 Å². The minimum Gasteiger partial charge on any atom is -0.496 e. The second kappa shape index (κ2) is 4.51. The van der Waals surface area contributed by atoms with E-state index < -0.39 is 0 Å². The standard InChI is InChI=1S/C12H19NO2/c1-5-7-12(2,3)10-9(15-4)6-8-13-11(10)14/h6,8H,5,7H2,1-4H3,(H,13,14). The van der Waals surface area contributed by atoms with Crippen LogP contribution in [0.4, 0.5) is 0 Å². The summed E-state index contributed by atoms with van der Waals surface area (Å²) < 4.78 is 5.24. The third-order valence-corrected chi connectivity index (χ3v) is 2.69. The number of methoxy groups -OCH3 is 1. The number of aromatic nitrogens is 1. The lowest BCUT2D eigenvalue weighted by Crippen LogP contribution is -2.27. The first kappa shape index (κ1) is 11.8. The van der Waals surface area contributed by atoms with Crippen molar-refractivity contribution in [1.29, 1.82) is 0 Å². The highest BCUT2D eigenvalue weighted by Crippen LogP contribution is 2.31. The van der Waals surface area contributed by atoms with Gasteiger partial charge in [0.1, 0.15) is 5.75 Å². The Hall–Kier alpha value is -1.25. The van der Waals surface area contributed by atoms with Crippen molar-refractivity contribution >= 4 is 0 Å². The Balaban J connectivity index is 3.28. The molecule has 0 aliphatic carbocycles. The molecule has 0 radical (unpaired) electrons. The maximum atomic E-state index is 11.8. The maximum absolute atomic E-state index is 11.8. The van der Waals surface area contributed by atoms with Crippen LogP contribution in [-0.2, 0) is 5.41 Å². The molecule has 0 unspecified atom stereocenters. The van der Waals surface area contributed by atoms with Gasteiger partial charge in [-0.2, -0.15) is 0 Å². The van der Waals surface area contributed by atoms with Crippen molar-refractivity contribution in [3.63, 3.8) is 0 Å². The predicted molar refractivity (Wildman–Crippen MR) is 61.5 cm³/mol. The summed E-state index contributed by atoms with van der Waals surface area (Å²) >= 11 is 0. The van der Waals surface area contributed by atoms with Gasteiger partial charge in [0.2, 0.25) is 0 Å². The van der Waals surface area contributed by atoms with Gasteiger partial charge in [-0.3, -0.25) is 4.79 Å². The Labute approximate surface area is 90.5 Å². The minimum absolute atomic E-state index is 0.0483. The molecule has 1 aromatic heterocycles. The lowest BCUT2D eigenvalue weighted by molar-refractivity contribution is 0.381. The van der Waals surface area contributed by atoms with E-state index in [0.29, 0.717) is 5.75 Å². The van der Waals surface area contributed by atoms with Crippen LogP contribution in [0.2, 0.25) is 0 Å². The number of hydrogen-bond acceptors (Lipinski definition) is 2. The zero-order valence-electron chi connectivity index (χ0n) is 9.89. The summed E-state index contributed by atoms with van der Waals surface area (Å²) in [6, 6.07) is 1.80. The van der Waals surface area contributed by atoms with E-state index in [2.05, 4.69) is 25.8 Å². The van der Waals surface area contributed by atoms with Gasteiger partial charge in [-0.15, -0.1) is 0 Å². The molecule has 1 rings (SSSR count). The molecule has 0 amide bonds. The molecule has 0 aromatic carbocycles. The summed E-state index contributed by atoms with van der Waals surface area (Å²) in [6.07, 6.45) is 3.63. The highest BCUT2D eigenvalue weighted by atomic mass is 16.5. The highest BCUT2D eigenvalue weighted by molar-refractivity contribution is 5.36. The van der Waals surface area contributed by atoms with Crippen LogP contribution in [0.5, 0.6) is 5.75 Å². The minimum atomic E-state index is -0.144. The Morgan fingerprint density at radius 1 is 1.47 bits per heavy atom. The molecule has 0 spiro atoms. The summed E-state index contributed by atoms with van der Waals surface area (Å²) in [6.45, 7) is 6.26. The van der Waals surface area contributed by atoms with Gasteiger partial charge in [-0.1, -0.05) is 27.2 Å². The Bertz CT molecular complexity index is 379. The second-order valence-corrected chi connectivity index (χ2v) is 4.38. The fourth-order valence-corrected chi connectivity index (χ4v) is 2.02. The largest absolute Gasteiger partial charge is 0.496 e. The van der Waals surface area contributed by atoms with Crippen LogP contribution < -0.4 is 10.3 Å². The van der Waals surface area contributed by atoms with Gasteiger partial charge in [0.25, 0.3) is 5.56 Å². The zero-order valence-corrected chi connectivity index (χ0v) is 9.89. The van der Waals surface area contributed by atoms with Gasteiger partial charge >= 0.3 is 0 Å². The van der Waals surface area contributed by atoms with Gasteiger partial charge in [0.05, 0.1) is 12.7 Å². The molecule has 3 heteroatoms. The first-order valence-corrected chi connectivity index (χ1v) is 5.29. The summed E-state index contributed by atoms with van der Waals surface area (Å²) in [4.78, 5) is 14.5.